The molecule has 1 heterocycles. The molecule has 0 saturated heterocycles. The van der Waals surface area contributed by atoms with Gasteiger partial charge in [0.25, 0.3) is 0 Å². The van der Waals surface area contributed by atoms with E-state index in [1.165, 1.54) is 17.5 Å². The fourth-order valence-corrected chi connectivity index (χ4v) is 3.93. The molecule has 2 rings (SSSR count). The number of aryl methyl sites for hydroxylation is 1. The summed E-state index contributed by atoms with van der Waals surface area (Å²) in [7, 11) is 0. The number of carbonyl (C=O) groups is 1. The van der Waals surface area contributed by atoms with Crippen LogP contribution in [-0.2, 0) is 5.41 Å². The Bertz CT molecular complexity index is 763. The third-order valence-corrected chi connectivity index (χ3v) is 6.17. The van der Waals surface area contributed by atoms with Crippen LogP contribution in [0, 0.1) is 6.92 Å². The molecule has 0 spiro atoms. The molecule has 5 nitrogen and oxygen atoms in total. The summed E-state index contributed by atoms with van der Waals surface area (Å²) in [4.78, 5) is 15.4. The lowest BCUT2D eigenvalue weighted by Crippen LogP contribution is -2.22. The monoisotopic (exact) mass is 422 g/mol. The predicted octanol–water partition coefficient (Wildman–Crippen LogP) is 6.14. The molecule has 0 fully saturated rings. The molecule has 7 heteroatoms. The molecule has 5 N–H and O–H groups in total. The smallest absolute Gasteiger partial charge is 0.316 e. The molecule has 2 aromatic rings. The number of hydrogen-bond donors (Lipinski definition) is 3. The maximum absolute atomic E-state index is 11.1. The van der Waals surface area contributed by atoms with Gasteiger partial charge < -0.3 is 11.1 Å². The van der Waals surface area contributed by atoms with Crippen molar-refractivity contribution in [2.45, 2.75) is 76.8 Å². The SMILES string of the molecule is CC(C)(C)c1ncc(SN)s1.Cc1cc(C(C)C)c(NC(N)=O)c(C(C)C)c1. The van der Waals surface area contributed by atoms with E-state index in [1.54, 1.807) is 11.3 Å². The normalized spacial score (nSPS) is 11.4. The number of nitrogens with two attached hydrogens (primary N) is 2. The first-order valence-corrected chi connectivity index (χ1v) is 11.1. The Labute approximate surface area is 177 Å². The van der Waals surface area contributed by atoms with Crippen molar-refractivity contribution in [3.8, 4) is 0 Å². The molecule has 0 aliphatic carbocycles. The first-order valence-electron chi connectivity index (χ1n) is 9.40. The van der Waals surface area contributed by atoms with Crippen LogP contribution in [0.5, 0.6) is 0 Å². The van der Waals surface area contributed by atoms with Crippen LogP contribution in [0.25, 0.3) is 0 Å². The van der Waals surface area contributed by atoms with Gasteiger partial charge >= 0.3 is 6.03 Å². The van der Waals surface area contributed by atoms with E-state index in [2.05, 4.69) is 77.8 Å². The minimum atomic E-state index is -0.502. The van der Waals surface area contributed by atoms with Gasteiger partial charge in [0.1, 0.15) is 0 Å². The first-order chi connectivity index (χ1) is 12.9. The minimum Gasteiger partial charge on any atom is -0.351 e. The molecule has 0 atom stereocenters. The van der Waals surface area contributed by atoms with Crippen LogP contribution in [0.3, 0.4) is 0 Å². The van der Waals surface area contributed by atoms with Gasteiger partial charge in [0.05, 0.1) is 15.4 Å². The average molecular weight is 423 g/mol. The van der Waals surface area contributed by atoms with E-state index in [0.717, 1.165) is 26.0 Å². The van der Waals surface area contributed by atoms with E-state index in [-0.39, 0.29) is 5.41 Å². The molecule has 1 aromatic carbocycles. The van der Waals surface area contributed by atoms with E-state index in [9.17, 15) is 4.79 Å². The van der Waals surface area contributed by atoms with Crippen molar-refractivity contribution in [3.05, 3.63) is 40.0 Å². The fraction of sp³-hybridized carbons (Fsp3) is 0.524. The Morgan fingerprint density at radius 3 is 1.93 bits per heavy atom. The summed E-state index contributed by atoms with van der Waals surface area (Å²) in [5, 5.41) is 9.31. The second kappa shape index (κ2) is 10.3. The van der Waals surface area contributed by atoms with Gasteiger partial charge in [0, 0.05) is 11.1 Å². The molecule has 2 amide bonds. The number of benzene rings is 1. The van der Waals surface area contributed by atoms with E-state index >= 15 is 0 Å². The van der Waals surface area contributed by atoms with Crippen LogP contribution in [0.2, 0.25) is 0 Å². The molecule has 0 aliphatic rings. The maximum Gasteiger partial charge on any atom is 0.316 e. The molecule has 28 heavy (non-hydrogen) atoms. The number of nitrogens with zero attached hydrogens (tertiary/aromatic N) is 1. The topological polar surface area (TPSA) is 94.0 Å². The molecular formula is C21H34N4OS2. The molecular weight excluding hydrogens is 388 g/mol. The standard InChI is InChI=1S/C14H22N2O.C7H12N2S2/c1-8(2)11-6-10(5)7-12(9(3)4)13(11)16-14(15)17;1-7(2,3)6-9-4-5(10-6)11-8/h6-9H,1-5H3,(H3,15,16,17);4H,8H2,1-3H3. The van der Waals surface area contributed by atoms with Crippen molar-refractivity contribution in [3.63, 3.8) is 0 Å². The predicted molar refractivity (Wildman–Crippen MR) is 123 cm³/mol. The number of thiazole rings is 1. The minimum absolute atomic E-state index is 0.151. The zero-order chi connectivity index (χ0) is 21.6. The molecule has 0 saturated carbocycles. The van der Waals surface area contributed by atoms with Crippen molar-refractivity contribution < 1.29 is 4.79 Å². The van der Waals surface area contributed by atoms with E-state index in [0.29, 0.717) is 11.8 Å². The number of carbonyl (C=O) groups excluding carboxylic acids is 1. The second-order valence-corrected chi connectivity index (χ2v) is 10.4. The van der Waals surface area contributed by atoms with Gasteiger partial charge in [-0.1, -0.05) is 66.2 Å². The third-order valence-electron chi connectivity index (χ3n) is 4.08. The Balaban J connectivity index is 0.000000307. The van der Waals surface area contributed by atoms with Crippen LogP contribution < -0.4 is 16.2 Å². The maximum atomic E-state index is 11.1. The van der Waals surface area contributed by atoms with Crippen molar-refractivity contribution in [2.75, 3.05) is 5.32 Å². The number of anilines is 1. The summed E-state index contributed by atoms with van der Waals surface area (Å²) in [6, 6.07) is 3.72. The fourth-order valence-electron chi connectivity index (χ4n) is 2.68. The Morgan fingerprint density at radius 2 is 1.64 bits per heavy atom. The summed E-state index contributed by atoms with van der Waals surface area (Å²) in [5.41, 5.74) is 9.79. The Hall–Kier alpha value is -1.57. The molecule has 156 valence electrons. The van der Waals surface area contributed by atoms with Crippen LogP contribution in [0.4, 0.5) is 10.5 Å². The molecule has 0 aliphatic heterocycles. The van der Waals surface area contributed by atoms with Gasteiger partial charge in [-0.15, -0.1) is 11.3 Å². The van der Waals surface area contributed by atoms with Gasteiger partial charge in [-0.3, -0.25) is 5.14 Å². The van der Waals surface area contributed by atoms with Gasteiger partial charge in [-0.25, -0.2) is 9.78 Å². The number of rotatable bonds is 4. The summed E-state index contributed by atoms with van der Waals surface area (Å²) < 4.78 is 1.08. The van der Waals surface area contributed by atoms with Crippen molar-refractivity contribution in [1.29, 1.82) is 0 Å². The lowest BCUT2D eigenvalue weighted by atomic mass is 9.90. The highest BCUT2D eigenvalue weighted by atomic mass is 32.2. The second-order valence-electron chi connectivity index (χ2n) is 8.47. The van der Waals surface area contributed by atoms with Gasteiger partial charge in [0.2, 0.25) is 0 Å². The van der Waals surface area contributed by atoms with E-state index in [4.69, 9.17) is 10.9 Å². The summed E-state index contributed by atoms with van der Waals surface area (Å²) in [6.07, 6.45) is 1.83. The highest BCUT2D eigenvalue weighted by Crippen LogP contribution is 2.33. The van der Waals surface area contributed by atoms with Crippen molar-refractivity contribution in [2.24, 2.45) is 10.9 Å². The lowest BCUT2D eigenvalue weighted by molar-refractivity contribution is 0.259. The van der Waals surface area contributed by atoms with Crippen LogP contribution in [0.15, 0.2) is 22.5 Å². The van der Waals surface area contributed by atoms with Crippen LogP contribution >= 0.6 is 23.3 Å². The van der Waals surface area contributed by atoms with Crippen LogP contribution in [-0.4, -0.2) is 11.0 Å². The number of hydrogen-bond acceptors (Lipinski definition) is 5. The number of primary amides is 1. The molecule has 0 unspecified atom stereocenters. The van der Waals surface area contributed by atoms with Crippen LogP contribution in [0.1, 0.15) is 82.0 Å². The van der Waals surface area contributed by atoms with E-state index < -0.39 is 6.03 Å². The van der Waals surface area contributed by atoms with Crippen molar-refractivity contribution in [1.82, 2.24) is 4.98 Å². The number of amides is 2. The van der Waals surface area contributed by atoms with Gasteiger partial charge in [-0.2, -0.15) is 0 Å². The Kier molecular flexibility index (Phi) is 8.98. The van der Waals surface area contributed by atoms with Crippen molar-refractivity contribution >= 4 is 35.0 Å². The number of urea groups is 1. The highest BCUT2D eigenvalue weighted by Gasteiger charge is 2.18. The first kappa shape index (κ1) is 24.5. The third kappa shape index (κ3) is 7.11. The summed E-state index contributed by atoms with van der Waals surface area (Å²) in [6.45, 7) is 17.0. The average Bonchev–Trinajstić information content (AvgIpc) is 3.05. The Morgan fingerprint density at radius 1 is 1.14 bits per heavy atom. The molecule has 0 radical (unpaired) electrons. The zero-order valence-electron chi connectivity index (χ0n) is 18.2. The van der Waals surface area contributed by atoms with Gasteiger partial charge in [0.15, 0.2) is 0 Å². The molecule has 1 aromatic heterocycles. The quantitative estimate of drug-likeness (QED) is 0.516. The van der Waals surface area contributed by atoms with Gasteiger partial charge in [-0.05, 0) is 41.8 Å². The highest BCUT2D eigenvalue weighted by molar-refractivity contribution is 7.99. The lowest BCUT2D eigenvalue weighted by Gasteiger charge is -2.20. The summed E-state index contributed by atoms with van der Waals surface area (Å²) in [5.74, 6) is 0.712. The summed E-state index contributed by atoms with van der Waals surface area (Å²) >= 11 is 2.93. The molecule has 0 bridgehead atoms. The number of aromatic nitrogens is 1. The largest absolute Gasteiger partial charge is 0.351 e. The van der Waals surface area contributed by atoms with E-state index in [1.807, 2.05) is 6.20 Å². The number of nitrogens with one attached hydrogen (secondary N) is 1. The zero-order valence-corrected chi connectivity index (χ0v) is 19.8.